The lowest BCUT2D eigenvalue weighted by molar-refractivity contribution is -0.121. The monoisotopic (exact) mass is 228 g/mol. The van der Waals surface area contributed by atoms with Gasteiger partial charge in [-0.25, -0.2) is 4.79 Å². The fraction of sp³-hybridized carbons (Fsp3) is 0.818. The highest BCUT2D eigenvalue weighted by molar-refractivity contribution is 5.96. The topological polar surface area (TPSA) is 58.6 Å². The number of rotatable bonds is 7. The van der Waals surface area contributed by atoms with Crippen molar-refractivity contribution in [2.45, 2.75) is 32.6 Å². The number of imide groups is 1. The molecule has 0 aliphatic carbocycles. The first-order chi connectivity index (χ1) is 7.74. The minimum atomic E-state index is -0.273. The molecule has 16 heavy (non-hydrogen) atoms. The SMILES string of the molecule is CCCCOCCCN1CCC(=O)NC1=O. The largest absolute Gasteiger partial charge is 0.381 e. The summed E-state index contributed by atoms with van der Waals surface area (Å²) in [6, 6.07) is -0.273. The van der Waals surface area contributed by atoms with E-state index in [9.17, 15) is 9.59 Å². The number of carbonyl (C=O) groups is 2. The molecule has 0 bridgehead atoms. The number of ether oxygens (including phenoxy) is 1. The minimum absolute atomic E-state index is 0.180. The molecule has 92 valence electrons. The van der Waals surface area contributed by atoms with E-state index >= 15 is 0 Å². The Bertz CT molecular complexity index is 243. The van der Waals surface area contributed by atoms with Gasteiger partial charge < -0.3 is 9.64 Å². The third-order valence-electron chi connectivity index (χ3n) is 2.50. The highest BCUT2D eigenvalue weighted by atomic mass is 16.5. The zero-order valence-corrected chi connectivity index (χ0v) is 9.83. The van der Waals surface area contributed by atoms with Crippen LogP contribution >= 0.6 is 0 Å². The molecule has 5 nitrogen and oxygen atoms in total. The molecule has 1 rings (SSSR count). The third kappa shape index (κ3) is 4.61. The van der Waals surface area contributed by atoms with Crippen LogP contribution in [0.1, 0.15) is 32.6 Å². The molecule has 1 aliphatic rings. The molecule has 0 unspecified atom stereocenters. The summed E-state index contributed by atoms with van der Waals surface area (Å²) in [4.78, 5) is 23.9. The molecule has 1 aliphatic heterocycles. The average molecular weight is 228 g/mol. The van der Waals surface area contributed by atoms with Gasteiger partial charge in [-0.1, -0.05) is 13.3 Å². The molecule has 0 aromatic rings. The van der Waals surface area contributed by atoms with Gasteiger partial charge >= 0.3 is 6.03 Å². The van der Waals surface area contributed by atoms with E-state index in [2.05, 4.69) is 12.2 Å². The molecule has 0 atom stereocenters. The van der Waals surface area contributed by atoms with Gasteiger partial charge in [0.2, 0.25) is 5.91 Å². The zero-order valence-electron chi connectivity index (χ0n) is 9.83. The smallest absolute Gasteiger partial charge is 0.324 e. The molecule has 3 amide bonds. The van der Waals surface area contributed by atoms with Gasteiger partial charge in [-0.05, 0) is 12.8 Å². The van der Waals surface area contributed by atoms with Crippen molar-refractivity contribution < 1.29 is 14.3 Å². The Kier molecular flexibility index (Phi) is 5.85. The second kappa shape index (κ2) is 7.22. The van der Waals surface area contributed by atoms with Gasteiger partial charge in [0.05, 0.1) is 0 Å². The third-order valence-corrected chi connectivity index (χ3v) is 2.50. The normalized spacial score (nSPS) is 16.4. The van der Waals surface area contributed by atoms with Gasteiger partial charge in [0.25, 0.3) is 0 Å². The standard InChI is InChI=1S/C11H20N2O3/c1-2-3-8-16-9-4-6-13-7-5-10(14)12-11(13)15/h2-9H2,1H3,(H,12,14,15). The summed E-state index contributed by atoms with van der Waals surface area (Å²) >= 11 is 0. The van der Waals surface area contributed by atoms with E-state index in [0.29, 0.717) is 26.1 Å². The maximum Gasteiger partial charge on any atom is 0.324 e. The Morgan fingerprint density at radius 1 is 1.31 bits per heavy atom. The predicted octanol–water partition coefficient (Wildman–Crippen LogP) is 1.14. The minimum Gasteiger partial charge on any atom is -0.381 e. The summed E-state index contributed by atoms with van der Waals surface area (Å²) in [5.41, 5.74) is 0. The summed E-state index contributed by atoms with van der Waals surface area (Å²) in [6.45, 7) is 4.78. The number of hydrogen-bond donors (Lipinski definition) is 1. The molecule has 1 saturated heterocycles. The van der Waals surface area contributed by atoms with E-state index in [1.165, 1.54) is 0 Å². The molecule has 5 heteroatoms. The second-order valence-corrected chi connectivity index (χ2v) is 3.91. The van der Waals surface area contributed by atoms with E-state index in [-0.39, 0.29) is 11.9 Å². The molecular weight excluding hydrogens is 208 g/mol. The van der Waals surface area contributed by atoms with Crippen LogP contribution in [0.2, 0.25) is 0 Å². The Morgan fingerprint density at radius 2 is 2.06 bits per heavy atom. The van der Waals surface area contributed by atoms with Crippen molar-refractivity contribution >= 4 is 11.9 Å². The van der Waals surface area contributed by atoms with Crippen LogP contribution in [-0.2, 0) is 9.53 Å². The molecule has 0 spiro atoms. The summed E-state index contributed by atoms with van der Waals surface area (Å²) < 4.78 is 5.40. The van der Waals surface area contributed by atoms with Crippen molar-refractivity contribution in [3.05, 3.63) is 0 Å². The fourth-order valence-corrected chi connectivity index (χ4v) is 1.52. The zero-order chi connectivity index (χ0) is 11.8. The lowest BCUT2D eigenvalue weighted by Crippen LogP contribution is -2.49. The Morgan fingerprint density at radius 3 is 2.75 bits per heavy atom. The highest BCUT2D eigenvalue weighted by Crippen LogP contribution is 2.01. The van der Waals surface area contributed by atoms with Crippen LogP contribution in [0.25, 0.3) is 0 Å². The van der Waals surface area contributed by atoms with Crippen molar-refractivity contribution in [3.63, 3.8) is 0 Å². The molecular formula is C11H20N2O3. The average Bonchev–Trinajstić information content (AvgIpc) is 2.26. The number of hydrogen-bond acceptors (Lipinski definition) is 3. The van der Waals surface area contributed by atoms with Crippen molar-refractivity contribution in [1.29, 1.82) is 0 Å². The number of carbonyl (C=O) groups excluding carboxylic acids is 2. The Balaban J connectivity index is 2.04. The van der Waals surface area contributed by atoms with E-state index in [1.807, 2.05) is 0 Å². The first-order valence-electron chi connectivity index (χ1n) is 5.90. The molecule has 0 saturated carbocycles. The van der Waals surface area contributed by atoms with Crippen LogP contribution in [0.5, 0.6) is 0 Å². The fourth-order valence-electron chi connectivity index (χ4n) is 1.52. The maximum absolute atomic E-state index is 11.3. The van der Waals surface area contributed by atoms with Crippen LogP contribution in [0.4, 0.5) is 4.79 Å². The summed E-state index contributed by atoms with van der Waals surface area (Å²) in [6.07, 6.45) is 3.45. The van der Waals surface area contributed by atoms with Crippen LogP contribution in [-0.4, -0.2) is 43.1 Å². The van der Waals surface area contributed by atoms with Gasteiger partial charge in [0, 0.05) is 32.7 Å². The predicted molar refractivity (Wildman–Crippen MR) is 60.1 cm³/mol. The first-order valence-corrected chi connectivity index (χ1v) is 5.90. The molecule has 1 N–H and O–H groups in total. The van der Waals surface area contributed by atoms with Crippen molar-refractivity contribution in [3.8, 4) is 0 Å². The molecule has 0 radical (unpaired) electrons. The maximum atomic E-state index is 11.3. The van der Waals surface area contributed by atoms with E-state index < -0.39 is 0 Å². The van der Waals surface area contributed by atoms with Crippen molar-refractivity contribution in [2.24, 2.45) is 0 Å². The number of amides is 3. The van der Waals surface area contributed by atoms with E-state index in [4.69, 9.17) is 4.74 Å². The van der Waals surface area contributed by atoms with Crippen LogP contribution in [0.15, 0.2) is 0 Å². The van der Waals surface area contributed by atoms with Crippen molar-refractivity contribution in [1.82, 2.24) is 10.2 Å². The highest BCUT2D eigenvalue weighted by Gasteiger charge is 2.21. The number of urea groups is 1. The first kappa shape index (κ1) is 13.0. The second-order valence-electron chi connectivity index (χ2n) is 3.91. The van der Waals surface area contributed by atoms with Crippen LogP contribution < -0.4 is 5.32 Å². The number of unbranched alkanes of at least 4 members (excludes halogenated alkanes) is 1. The summed E-state index contributed by atoms with van der Waals surface area (Å²) in [7, 11) is 0. The van der Waals surface area contributed by atoms with E-state index in [0.717, 1.165) is 25.9 Å². The molecule has 0 aromatic carbocycles. The summed E-state index contributed by atoms with van der Waals surface area (Å²) in [5.74, 6) is -0.180. The van der Waals surface area contributed by atoms with Gasteiger partial charge in [0.1, 0.15) is 0 Å². The number of nitrogens with one attached hydrogen (secondary N) is 1. The Labute approximate surface area is 96.1 Å². The summed E-state index contributed by atoms with van der Waals surface area (Å²) in [5, 5.41) is 2.30. The quantitative estimate of drug-likeness (QED) is 0.665. The molecule has 1 fully saturated rings. The van der Waals surface area contributed by atoms with Gasteiger partial charge in [0.15, 0.2) is 0 Å². The molecule has 0 aromatic heterocycles. The van der Waals surface area contributed by atoms with E-state index in [1.54, 1.807) is 4.90 Å². The molecule has 1 heterocycles. The lowest BCUT2D eigenvalue weighted by Gasteiger charge is -2.26. The van der Waals surface area contributed by atoms with Crippen molar-refractivity contribution in [2.75, 3.05) is 26.3 Å². The van der Waals surface area contributed by atoms with Gasteiger partial charge in [-0.2, -0.15) is 0 Å². The van der Waals surface area contributed by atoms with Crippen LogP contribution in [0, 0.1) is 0 Å². The van der Waals surface area contributed by atoms with Gasteiger partial charge in [-0.3, -0.25) is 10.1 Å². The van der Waals surface area contributed by atoms with Gasteiger partial charge in [-0.15, -0.1) is 0 Å². The lowest BCUT2D eigenvalue weighted by atomic mass is 10.3. The Hall–Kier alpha value is -1.10. The van der Waals surface area contributed by atoms with Crippen LogP contribution in [0.3, 0.4) is 0 Å². The number of nitrogens with zero attached hydrogens (tertiary/aromatic N) is 1.